The highest BCUT2D eigenvalue weighted by atomic mass is 16.5. The van der Waals surface area contributed by atoms with Crippen LogP contribution >= 0.6 is 0 Å². The van der Waals surface area contributed by atoms with E-state index in [-0.39, 0.29) is 11.9 Å². The van der Waals surface area contributed by atoms with Crippen LogP contribution in [0.3, 0.4) is 0 Å². The van der Waals surface area contributed by atoms with Gasteiger partial charge in [-0.1, -0.05) is 18.2 Å². The second-order valence-corrected chi connectivity index (χ2v) is 3.38. The van der Waals surface area contributed by atoms with Gasteiger partial charge in [-0.25, -0.2) is 0 Å². The molecule has 0 radical (unpaired) electrons. The van der Waals surface area contributed by atoms with Crippen molar-refractivity contribution in [2.45, 2.75) is 6.42 Å². The summed E-state index contributed by atoms with van der Waals surface area (Å²) in [5, 5.41) is 0. The summed E-state index contributed by atoms with van der Waals surface area (Å²) < 4.78 is 10.3. The maximum atomic E-state index is 10.8. The molecule has 0 saturated carbocycles. The molecule has 74 valence electrons. The van der Waals surface area contributed by atoms with Gasteiger partial charge in [-0.3, -0.25) is 4.79 Å². The lowest BCUT2D eigenvalue weighted by Crippen LogP contribution is -2.11. The van der Waals surface area contributed by atoms with E-state index in [0.717, 1.165) is 5.75 Å². The van der Waals surface area contributed by atoms with Gasteiger partial charge < -0.3 is 9.47 Å². The number of esters is 1. The Morgan fingerprint density at radius 3 is 2.79 bits per heavy atom. The van der Waals surface area contributed by atoms with Crippen molar-refractivity contribution >= 4 is 5.97 Å². The molecule has 3 heteroatoms. The van der Waals surface area contributed by atoms with E-state index in [1.807, 2.05) is 30.3 Å². The molecule has 1 heterocycles. The number of rotatable bonds is 3. The number of benzene rings is 1. The summed E-state index contributed by atoms with van der Waals surface area (Å²) in [7, 11) is 0. The maximum absolute atomic E-state index is 10.8. The van der Waals surface area contributed by atoms with Crippen LogP contribution in [0.1, 0.15) is 6.42 Å². The van der Waals surface area contributed by atoms with Gasteiger partial charge in [0.25, 0.3) is 0 Å². The monoisotopic (exact) mass is 192 g/mol. The molecular weight excluding hydrogens is 180 g/mol. The highest BCUT2D eigenvalue weighted by Crippen LogP contribution is 2.16. The Morgan fingerprint density at radius 1 is 1.36 bits per heavy atom. The lowest BCUT2D eigenvalue weighted by molar-refractivity contribution is -0.137. The lowest BCUT2D eigenvalue weighted by Gasteiger charge is -2.08. The number of cyclic esters (lactones) is 1. The zero-order valence-electron chi connectivity index (χ0n) is 7.81. The predicted octanol–water partition coefficient (Wildman–Crippen LogP) is 1.63. The van der Waals surface area contributed by atoms with E-state index in [4.69, 9.17) is 9.47 Å². The maximum Gasteiger partial charge on any atom is 0.306 e. The fraction of sp³-hybridized carbons (Fsp3) is 0.364. The third kappa shape index (κ3) is 2.25. The number of hydrogen-bond donors (Lipinski definition) is 0. The molecule has 1 saturated heterocycles. The Bertz CT molecular complexity index is 308. The minimum Gasteiger partial charge on any atom is -0.493 e. The van der Waals surface area contributed by atoms with Crippen molar-refractivity contribution in [3.05, 3.63) is 30.3 Å². The van der Waals surface area contributed by atoms with E-state index >= 15 is 0 Å². The third-order valence-electron chi connectivity index (χ3n) is 2.16. The van der Waals surface area contributed by atoms with E-state index in [2.05, 4.69) is 0 Å². The van der Waals surface area contributed by atoms with Crippen LogP contribution in [0.4, 0.5) is 0 Å². The van der Waals surface area contributed by atoms with Crippen molar-refractivity contribution < 1.29 is 14.3 Å². The van der Waals surface area contributed by atoms with E-state index in [1.165, 1.54) is 0 Å². The van der Waals surface area contributed by atoms with E-state index in [1.54, 1.807) is 0 Å². The first-order valence-electron chi connectivity index (χ1n) is 4.68. The predicted molar refractivity (Wildman–Crippen MR) is 51.0 cm³/mol. The summed E-state index contributed by atoms with van der Waals surface area (Å²) in [5.74, 6) is 0.932. The Labute approximate surface area is 82.6 Å². The minimum atomic E-state index is -0.119. The highest BCUT2D eigenvalue weighted by molar-refractivity contribution is 5.71. The van der Waals surface area contributed by atoms with Crippen LogP contribution in [0, 0.1) is 5.92 Å². The number of carbonyl (C=O) groups is 1. The summed E-state index contributed by atoms with van der Waals surface area (Å²) >= 11 is 0. The van der Waals surface area contributed by atoms with E-state index in [9.17, 15) is 4.79 Å². The van der Waals surface area contributed by atoms with Crippen LogP contribution < -0.4 is 4.74 Å². The van der Waals surface area contributed by atoms with Crippen LogP contribution in [0.5, 0.6) is 5.75 Å². The molecule has 0 N–H and O–H groups in total. The average Bonchev–Trinajstić information content (AvgIpc) is 2.63. The Kier molecular flexibility index (Phi) is 2.68. The van der Waals surface area contributed by atoms with Crippen LogP contribution in [0.25, 0.3) is 0 Å². The molecular formula is C11H12O3. The van der Waals surface area contributed by atoms with Gasteiger partial charge in [0, 0.05) is 5.92 Å². The summed E-state index contributed by atoms with van der Waals surface area (Å²) in [6.07, 6.45) is 0.479. The minimum absolute atomic E-state index is 0.119. The molecule has 3 nitrogen and oxygen atoms in total. The molecule has 1 aliphatic heterocycles. The molecule has 0 bridgehead atoms. The number of carbonyl (C=O) groups excluding carboxylic acids is 1. The zero-order chi connectivity index (χ0) is 9.80. The normalized spacial score (nSPS) is 20.6. The zero-order valence-corrected chi connectivity index (χ0v) is 7.81. The Balaban J connectivity index is 1.80. The topological polar surface area (TPSA) is 35.5 Å². The van der Waals surface area contributed by atoms with Gasteiger partial charge in [-0.15, -0.1) is 0 Å². The third-order valence-corrected chi connectivity index (χ3v) is 2.16. The molecule has 0 spiro atoms. The van der Waals surface area contributed by atoms with Crippen LogP contribution in [-0.2, 0) is 9.53 Å². The van der Waals surface area contributed by atoms with Crippen molar-refractivity contribution in [2.24, 2.45) is 5.92 Å². The van der Waals surface area contributed by atoms with Crippen LogP contribution in [0.15, 0.2) is 30.3 Å². The van der Waals surface area contributed by atoms with Gasteiger partial charge in [-0.05, 0) is 12.1 Å². The van der Waals surface area contributed by atoms with Crippen molar-refractivity contribution in [2.75, 3.05) is 13.2 Å². The molecule has 1 aromatic rings. The van der Waals surface area contributed by atoms with Crippen molar-refractivity contribution in [1.82, 2.24) is 0 Å². The first-order valence-corrected chi connectivity index (χ1v) is 4.68. The molecule has 1 fully saturated rings. The molecule has 0 amide bonds. The van der Waals surface area contributed by atoms with E-state index in [0.29, 0.717) is 19.6 Å². The SMILES string of the molecule is O=C1CC(COc2ccccc2)CO1. The molecule has 1 unspecified atom stereocenters. The summed E-state index contributed by atoms with van der Waals surface area (Å²) in [6.45, 7) is 1.04. The van der Waals surface area contributed by atoms with Crippen molar-refractivity contribution in [3.63, 3.8) is 0 Å². The van der Waals surface area contributed by atoms with Gasteiger partial charge in [0.1, 0.15) is 5.75 Å². The molecule has 0 aromatic heterocycles. The van der Waals surface area contributed by atoms with Crippen LogP contribution in [-0.4, -0.2) is 19.2 Å². The molecule has 1 atom stereocenters. The standard InChI is InChI=1S/C11H12O3/c12-11-6-9(8-14-11)7-13-10-4-2-1-3-5-10/h1-5,9H,6-8H2. The Morgan fingerprint density at radius 2 is 2.14 bits per heavy atom. The van der Waals surface area contributed by atoms with E-state index < -0.39 is 0 Å². The highest BCUT2D eigenvalue weighted by Gasteiger charge is 2.23. The molecule has 14 heavy (non-hydrogen) atoms. The summed E-state index contributed by atoms with van der Waals surface area (Å²) in [6, 6.07) is 9.58. The summed E-state index contributed by atoms with van der Waals surface area (Å²) in [5.41, 5.74) is 0. The number of ether oxygens (including phenoxy) is 2. The largest absolute Gasteiger partial charge is 0.493 e. The first kappa shape index (κ1) is 9.06. The van der Waals surface area contributed by atoms with Crippen molar-refractivity contribution in [3.8, 4) is 5.75 Å². The van der Waals surface area contributed by atoms with Gasteiger partial charge >= 0.3 is 5.97 Å². The average molecular weight is 192 g/mol. The molecule has 1 aliphatic rings. The van der Waals surface area contributed by atoms with Crippen LogP contribution in [0.2, 0.25) is 0 Å². The first-order chi connectivity index (χ1) is 6.84. The Hall–Kier alpha value is -1.51. The van der Waals surface area contributed by atoms with Gasteiger partial charge in [0.05, 0.1) is 19.6 Å². The van der Waals surface area contributed by atoms with Gasteiger partial charge in [-0.2, -0.15) is 0 Å². The smallest absolute Gasteiger partial charge is 0.306 e. The number of hydrogen-bond acceptors (Lipinski definition) is 3. The molecule has 0 aliphatic carbocycles. The summed E-state index contributed by atoms with van der Waals surface area (Å²) in [4.78, 5) is 10.8. The molecule has 1 aromatic carbocycles. The molecule has 2 rings (SSSR count). The van der Waals surface area contributed by atoms with Gasteiger partial charge in [0.15, 0.2) is 0 Å². The van der Waals surface area contributed by atoms with Crippen molar-refractivity contribution in [1.29, 1.82) is 0 Å². The second kappa shape index (κ2) is 4.13. The fourth-order valence-corrected chi connectivity index (χ4v) is 1.40. The fourth-order valence-electron chi connectivity index (χ4n) is 1.40. The quantitative estimate of drug-likeness (QED) is 0.683. The lowest BCUT2D eigenvalue weighted by atomic mass is 10.1. The van der Waals surface area contributed by atoms with Gasteiger partial charge in [0.2, 0.25) is 0 Å². The second-order valence-electron chi connectivity index (χ2n) is 3.38. The number of para-hydroxylation sites is 1.